The molecule has 0 aromatic rings. The zero-order chi connectivity index (χ0) is 13.1. The first-order chi connectivity index (χ1) is 8.86. The van der Waals surface area contributed by atoms with E-state index in [0.29, 0.717) is 0 Å². The summed E-state index contributed by atoms with van der Waals surface area (Å²) in [5.74, 6) is 0.955. The molecular weight excluding hydrogens is 351 g/mol. The minimum atomic E-state index is 0. The molecule has 0 unspecified atom stereocenters. The molecule has 1 fully saturated rings. The lowest BCUT2D eigenvalue weighted by molar-refractivity contribution is 0.283. The molecule has 0 bridgehead atoms. The lowest BCUT2D eigenvalue weighted by Crippen LogP contribution is -2.37. The zero-order valence-corrected chi connectivity index (χ0v) is 14.9. The zero-order valence-electron chi connectivity index (χ0n) is 12.6. The monoisotopic (exact) mass is 382 g/mol. The van der Waals surface area contributed by atoms with Crippen LogP contribution in [0.25, 0.3) is 0 Å². The summed E-state index contributed by atoms with van der Waals surface area (Å²) in [5, 5.41) is 6.51. The van der Waals surface area contributed by atoms with Gasteiger partial charge >= 0.3 is 0 Å². The molecule has 0 atom stereocenters. The van der Waals surface area contributed by atoms with Crippen molar-refractivity contribution in [1.82, 2.24) is 15.5 Å². The van der Waals surface area contributed by atoms with Gasteiger partial charge in [0.15, 0.2) is 5.96 Å². The third kappa shape index (κ3) is 9.49. The summed E-state index contributed by atoms with van der Waals surface area (Å²) < 4.78 is 0. The molecule has 0 aromatic carbocycles. The molecule has 0 saturated carbocycles. The first-order valence-corrected chi connectivity index (χ1v) is 7.61. The van der Waals surface area contributed by atoms with E-state index in [-0.39, 0.29) is 24.0 Å². The number of guanidine groups is 1. The SMILES string of the molecule is CCNC(=NCCCN1CCCCCC1)NCC.I. The number of rotatable bonds is 6. The fraction of sp³-hybridized carbons (Fsp3) is 0.929. The molecule has 1 aliphatic heterocycles. The molecule has 1 heterocycles. The summed E-state index contributed by atoms with van der Waals surface area (Å²) in [7, 11) is 0. The minimum absolute atomic E-state index is 0. The molecule has 1 saturated heterocycles. The highest BCUT2D eigenvalue weighted by Crippen LogP contribution is 2.09. The normalized spacial score (nSPS) is 16.1. The molecule has 5 heteroatoms. The molecule has 19 heavy (non-hydrogen) atoms. The van der Waals surface area contributed by atoms with Gasteiger partial charge < -0.3 is 15.5 Å². The van der Waals surface area contributed by atoms with E-state index < -0.39 is 0 Å². The van der Waals surface area contributed by atoms with Gasteiger partial charge in [0.1, 0.15) is 0 Å². The van der Waals surface area contributed by atoms with Crippen LogP contribution in [-0.2, 0) is 0 Å². The highest BCUT2D eigenvalue weighted by atomic mass is 127. The van der Waals surface area contributed by atoms with Crippen molar-refractivity contribution in [3.05, 3.63) is 0 Å². The van der Waals surface area contributed by atoms with Crippen LogP contribution in [-0.4, -0.2) is 50.1 Å². The van der Waals surface area contributed by atoms with Crippen molar-refractivity contribution in [3.63, 3.8) is 0 Å². The molecule has 114 valence electrons. The number of nitrogens with zero attached hydrogens (tertiary/aromatic N) is 2. The van der Waals surface area contributed by atoms with Crippen molar-refractivity contribution >= 4 is 29.9 Å². The Kier molecular flexibility index (Phi) is 12.9. The number of nitrogens with one attached hydrogen (secondary N) is 2. The molecular formula is C14H31IN4. The summed E-state index contributed by atoms with van der Waals surface area (Å²) in [6, 6.07) is 0. The second-order valence-electron chi connectivity index (χ2n) is 4.90. The van der Waals surface area contributed by atoms with Gasteiger partial charge in [0.2, 0.25) is 0 Å². The molecule has 1 rings (SSSR count). The van der Waals surface area contributed by atoms with Crippen molar-refractivity contribution in [2.75, 3.05) is 39.3 Å². The minimum Gasteiger partial charge on any atom is -0.357 e. The van der Waals surface area contributed by atoms with E-state index in [4.69, 9.17) is 0 Å². The van der Waals surface area contributed by atoms with Crippen LogP contribution in [0.5, 0.6) is 0 Å². The van der Waals surface area contributed by atoms with Crippen molar-refractivity contribution < 1.29 is 0 Å². The third-order valence-corrected chi connectivity index (χ3v) is 3.29. The van der Waals surface area contributed by atoms with Gasteiger partial charge in [-0.05, 0) is 52.7 Å². The number of aliphatic imine (C=N–C) groups is 1. The van der Waals surface area contributed by atoms with Gasteiger partial charge in [-0.25, -0.2) is 0 Å². The molecule has 1 aliphatic rings. The van der Waals surface area contributed by atoms with Gasteiger partial charge in [-0.2, -0.15) is 0 Å². The Morgan fingerprint density at radius 3 is 2.11 bits per heavy atom. The maximum atomic E-state index is 4.58. The number of halogens is 1. The summed E-state index contributed by atoms with van der Waals surface area (Å²) in [4.78, 5) is 7.18. The Balaban J connectivity index is 0.00000324. The second kappa shape index (κ2) is 13.0. The molecule has 0 aliphatic carbocycles. The highest BCUT2D eigenvalue weighted by Gasteiger charge is 2.07. The van der Waals surface area contributed by atoms with Crippen LogP contribution >= 0.6 is 24.0 Å². The Hall–Kier alpha value is -0.0400. The highest BCUT2D eigenvalue weighted by molar-refractivity contribution is 14.0. The summed E-state index contributed by atoms with van der Waals surface area (Å²) in [5.41, 5.74) is 0. The fourth-order valence-electron chi connectivity index (χ4n) is 2.35. The van der Waals surface area contributed by atoms with Crippen LogP contribution in [0.4, 0.5) is 0 Å². The smallest absolute Gasteiger partial charge is 0.191 e. The van der Waals surface area contributed by atoms with Crippen molar-refractivity contribution in [3.8, 4) is 0 Å². The Morgan fingerprint density at radius 1 is 1.00 bits per heavy atom. The third-order valence-electron chi connectivity index (χ3n) is 3.29. The lowest BCUT2D eigenvalue weighted by atomic mass is 10.2. The molecule has 0 aromatic heterocycles. The van der Waals surface area contributed by atoms with E-state index in [2.05, 4.69) is 34.4 Å². The van der Waals surface area contributed by atoms with Crippen LogP contribution in [0.15, 0.2) is 4.99 Å². The Morgan fingerprint density at radius 2 is 1.58 bits per heavy atom. The average Bonchev–Trinajstić information content (AvgIpc) is 2.63. The van der Waals surface area contributed by atoms with E-state index >= 15 is 0 Å². The van der Waals surface area contributed by atoms with Crippen LogP contribution in [0.2, 0.25) is 0 Å². The van der Waals surface area contributed by atoms with Crippen molar-refractivity contribution in [1.29, 1.82) is 0 Å². The lowest BCUT2D eigenvalue weighted by Gasteiger charge is -2.19. The molecule has 0 spiro atoms. The maximum Gasteiger partial charge on any atom is 0.191 e. The Bertz CT molecular complexity index is 217. The summed E-state index contributed by atoms with van der Waals surface area (Å²) >= 11 is 0. The predicted octanol–water partition coefficient (Wildman–Crippen LogP) is 2.45. The fourth-order valence-corrected chi connectivity index (χ4v) is 2.35. The van der Waals surface area contributed by atoms with Gasteiger partial charge in [-0.15, -0.1) is 24.0 Å². The van der Waals surface area contributed by atoms with Gasteiger partial charge in [0.05, 0.1) is 0 Å². The van der Waals surface area contributed by atoms with E-state index in [1.165, 1.54) is 51.7 Å². The van der Waals surface area contributed by atoms with Crippen LogP contribution < -0.4 is 10.6 Å². The van der Waals surface area contributed by atoms with Gasteiger partial charge in [0.25, 0.3) is 0 Å². The van der Waals surface area contributed by atoms with Crippen molar-refractivity contribution in [2.45, 2.75) is 46.0 Å². The largest absolute Gasteiger partial charge is 0.357 e. The van der Waals surface area contributed by atoms with Crippen LogP contribution in [0, 0.1) is 0 Å². The Labute approximate surface area is 135 Å². The number of likely N-dealkylation sites (tertiary alicyclic amines) is 1. The topological polar surface area (TPSA) is 39.7 Å². The molecule has 4 nitrogen and oxygen atoms in total. The van der Waals surface area contributed by atoms with Gasteiger partial charge in [-0.3, -0.25) is 4.99 Å². The van der Waals surface area contributed by atoms with Crippen LogP contribution in [0.3, 0.4) is 0 Å². The second-order valence-corrected chi connectivity index (χ2v) is 4.90. The standard InChI is InChI=1S/C14H30N4.HI/c1-3-15-14(16-4-2)17-10-9-13-18-11-7-5-6-8-12-18;/h3-13H2,1-2H3,(H2,15,16,17);1H. The summed E-state index contributed by atoms with van der Waals surface area (Å²) in [6.45, 7) is 10.8. The van der Waals surface area contributed by atoms with Gasteiger partial charge in [-0.1, -0.05) is 12.8 Å². The van der Waals surface area contributed by atoms with Gasteiger partial charge in [0, 0.05) is 19.6 Å². The van der Waals surface area contributed by atoms with E-state index in [1.807, 2.05) is 0 Å². The number of hydrogen-bond donors (Lipinski definition) is 2. The molecule has 2 N–H and O–H groups in total. The van der Waals surface area contributed by atoms with Crippen LogP contribution in [0.1, 0.15) is 46.0 Å². The first kappa shape index (κ1) is 19.0. The summed E-state index contributed by atoms with van der Waals surface area (Å²) in [6.07, 6.45) is 6.76. The quantitative estimate of drug-likeness (QED) is 0.321. The maximum absolute atomic E-state index is 4.58. The number of hydrogen-bond acceptors (Lipinski definition) is 2. The van der Waals surface area contributed by atoms with Crippen molar-refractivity contribution in [2.24, 2.45) is 4.99 Å². The average molecular weight is 382 g/mol. The molecule has 0 amide bonds. The first-order valence-electron chi connectivity index (χ1n) is 7.61. The van der Waals surface area contributed by atoms with E-state index in [0.717, 1.165) is 25.6 Å². The van der Waals surface area contributed by atoms with E-state index in [1.54, 1.807) is 0 Å². The predicted molar refractivity (Wildman–Crippen MR) is 94.6 cm³/mol. The molecule has 0 radical (unpaired) electrons. The van der Waals surface area contributed by atoms with E-state index in [9.17, 15) is 0 Å².